The highest BCUT2D eigenvalue weighted by Crippen LogP contribution is 2.22. The van der Waals surface area contributed by atoms with Gasteiger partial charge in [-0.3, -0.25) is 9.69 Å². The van der Waals surface area contributed by atoms with Crippen LogP contribution >= 0.6 is 11.3 Å². The molecule has 0 aliphatic carbocycles. The van der Waals surface area contributed by atoms with Gasteiger partial charge in [0.25, 0.3) is 0 Å². The first-order valence-corrected chi connectivity index (χ1v) is 7.24. The third-order valence-corrected chi connectivity index (χ3v) is 3.99. The molecule has 0 aromatic carbocycles. The molecule has 5 heteroatoms. The molecule has 1 aliphatic rings. The van der Waals surface area contributed by atoms with Gasteiger partial charge in [-0.25, -0.2) is 0 Å². The summed E-state index contributed by atoms with van der Waals surface area (Å²) in [6, 6.07) is 3.88. The van der Waals surface area contributed by atoms with E-state index in [1.54, 1.807) is 11.3 Å². The van der Waals surface area contributed by atoms with Gasteiger partial charge in [0.2, 0.25) is 5.91 Å². The molecule has 1 aromatic heterocycles. The first-order chi connectivity index (χ1) is 8.58. The van der Waals surface area contributed by atoms with Gasteiger partial charge in [0.05, 0.1) is 10.4 Å². The maximum absolute atomic E-state index is 12.3. The van der Waals surface area contributed by atoms with Crippen molar-refractivity contribution in [2.75, 3.05) is 38.0 Å². The highest BCUT2D eigenvalue weighted by molar-refractivity contribution is 7.14. The summed E-state index contributed by atoms with van der Waals surface area (Å²) in [5.41, 5.74) is -0.360. The maximum Gasteiger partial charge on any atom is 0.231 e. The Hall–Kier alpha value is -0.910. The summed E-state index contributed by atoms with van der Waals surface area (Å²) in [6.07, 6.45) is 0. The van der Waals surface area contributed by atoms with Crippen LogP contribution in [-0.4, -0.2) is 43.5 Å². The second-order valence-corrected chi connectivity index (χ2v) is 6.29. The highest BCUT2D eigenvalue weighted by Gasteiger charge is 2.30. The molecule has 0 saturated carbocycles. The van der Waals surface area contributed by atoms with Crippen LogP contribution in [0, 0.1) is 5.41 Å². The maximum atomic E-state index is 12.3. The normalized spacial score (nSPS) is 17.7. The molecule has 2 heterocycles. The first kappa shape index (κ1) is 13.5. The zero-order valence-electron chi connectivity index (χ0n) is 11.0. The Morgan fingerprint density at radius 1 is 1.50 bits per heavy atom. The molecule has 0 radical (unpaired) electrons. The van der Waals surface area contributed by atoms with Crippen LogP contribution in [0.25, 0.3) is 0 Å². The summed E-state index contributed by atoms with van der Waals surface area (Å²) >= 11 is 1.56. The van der Waals surface area contributed by atoms with Crippen molar-refractivity contribution in [2.24, 2.45) is 5.41 Å². The zero-order valence-corrected chi connectivity index (χ0v) is 11.8. The molecule has 2 N–H and O–H groups in total. The average Bonchev–Trinajstić information content (AvgIpc) is 2.82. The van der Waals surface area contributed by atoms with E-state index in [-0.39, 0.29) is 11.3 Å². The van der Waals surface area contributed by atoms with E-state index in [2.05, 4.69) is 15.5 Å². The van der Waals surface area contributed by atoms with Gasteiger partial charge in [-0.05, 0) is 31.4 Å². The molecule has 4 nitrogen and oxygen atoms in total. The molecule has 0 unspecified atom stereocenters. The molecule has 100 valence electrons. The van der Waals surface area contributed by atoms with Crippen molar-refractivity contribution in [3.63, 3.8) is 0 Å². The van der Waals surface area contributed by atoms with E-state index in [9.17, 15) is 4.79 Å². The number of anilines is 1. The number of carbonyl (C=O) groups is 1. The SMILES string of the molecule is CC(C)(CN1CCNCC1)C(=O)Nc1cccs1. The molecule has 2 rings (SSSR count). The summed E-state index contributed by atoms with van der Waals surface area (Å²) in [5.74, 6) is 0.100. The van der Waals surface area contributed by atoms with Crippen LogP contribution in [0.5, 0.6) is 0 Å². The molecule has 1 aliphatic heterocycles. The van der Waals surface area contributed by atoms with Gasteiger partial charge in [-0.1, -0.05) is 0 Å². The summed E-state index contributed by atoms with van der Waals surface area (Å²) in [7, 11) is 0. The Morgan fingerprint density at radius 2 is 2.22 bits per heavy atom. The standard InChI is InChI=1S/C13H21N3OS/c1-13(2,10-16-7-5-14-6-8-16)12(17)15-11-4-3-9-18-11/h3-4,9,14H,5-8,10H2,1-2H3,(H,15,17). The van der Waals surface area contributed by atoms with Gasteiger partial charge >= 0.3 is 0 Å². The van der Waals surface area contributed by atoms with Crippen LogP contribution in [-0.2, 0) is 4.79 Å². The Kier molecular flexibility index (Phi) is 4.37. The lowest BCUT2D eigenvalue weighted by molar-refractivity contribution is -0.125. The number of nitrogens with one attached hydrogen (secondary N) is 2. The number of thiophene rings is 1. The fourth-order valence-electron chi connectivity index (χ4n) is 2.13. The third kappa shape index (κ3) is 3.54. The van der Waals surface area contributed by atoms with Gasteiger partial charge in [0.1, 0.15) is 0 Å². The van der Waals surface area contributed by atoms with Crippen molar-refractivity contribution in [2.45, 2.75) is 13.8 Å². The van der Waals surface area contributed by atoms with Gasteiger partial charge in [0.15, 0.2) is 0 Å². The number of carbonyl (C=O) groups excluding carboxylic acids is 1. The lowest BCUT2D eigenvalue weighted by atomic mass is 9.91. The van der Waals surface area contributed by atoms with E-state index < -0.39 is 0 Å². The Morgan fingerprint density at radius 3 is 2.83 bits per heavy atom. The van der Waals surface area contributed by atoms with Gasteiger partial charge in [0, 0.05) is 32.7 Å². The minimum atomic E-state index is -0.360. The van der Waals surface area contributed by atoms with Gasteiger partial charge in [-0.2, -0.15) is 0 Å². The average molecular weight is 267 g/mol. The fourth-order valence-corrected chi connectivity index (χ4v) is 2.74. The number of hydrogen-bond acceptors (Lipinski definition) is 4. The topological polar surface area (TPSA) is 44.4 Å². The third-order valence-electron chi connectivity index (χ3n) is 3.20. The second-order valence-electron chi connectivity index (χ2n) is 5.34. The summed E-state index contributed by atoms with van der Waals surface area (Å²) in [4.78, 5) is 14.6. The van der Waals surface area contributed by atoms with Crippen molar-refractivity contribution >= 4 is 22.2 Å². The van der Waals surface area contributed by atoms with Crippen LogP contribution in [0.15, 0.2) is 17.5 Å². The summed E-state index contributed by atoms with van der Waals surface area (Å²) in [5, 5.41) is 9.21. The monoisotopic (exact) mass is 267 g/mol. The lowest BCUT2D eigenvalue weighted by Gasteiger charge is -2.34. The van der Waals surface area contributed by atoms with Gasteiger partial charge in [-0.15, -0.1) is 11.3 Å². The Bertz CT molecular complexity index is 383. The van der Waals surface area contributed by atoms with Crippen LogP contribution < -0.4 is 10.6 Å². The lowest BCUT2D eigenvalue weighted by Crippen LogP contribution is -2.49. The molecule has 1 fully saturated rings. The van der Waals surface area contributed by atoms with Gasteiger partial charge < -0.3 is 10.6 Å². The van der Waals surface area contributed by atoms with Crippen LogP contribution in [0.1, 0.15) is 13.8 Å². The van der Waals surface area contributed by atoms with E-state index in [1.807, 2.05) is 31.4 Å². The molecular weight excluding hydrogens is 246 g/mol. The second kappa shape index (κ2) is 5.82. The van der Waals surface area contributed by atoms with Crippen molar-refractivity contribution < 1.29 is 4.79 Å². The summed E-state index contributed by atoms with van der Waals surface area (Å²) < 4.78 is 0. The number of rotatable bonds is 4. The predicted molar refractivity (Wildman–Crippen MR) is 76.0 cm³/mol. The van der Waals surface area contributed by atoms with Crippen molar-refractivity contribution in [1.82, 2.24) is 10.2 Å². The van der Waals surface area contributed by atoms with E-state index in [4.69, 9.17) is 0 Å². The van der Waals surface area contributed by atoms with Crippen molar-refractivity contribution in [3.05, 3.63) is 17.5 Å². The Balaban J connectivity index is 1.90. The number of nitrogens with zero attached hydrogens (tertiary/aromatic N) is 1. The molecule has 1 saturated heterocycles. The minimum Gasteiger partial charge on any atom is -0.317 e. The van der Waals surface area contributed by atoms with Crippen molar-refractivity contribution in [1.29, 1.82) is 0 Å². The Labute approximate surface area is 112 Å². The summed E-state index contributed by atoms with van der Waals surface area (Å²) in [6.45, 7) is 8.92. The predicted octanol–water partition coefficient (Wildman–Crippen LogP) is 1.62. The zero-order chi connectivity index (χ0) is 13.0. The number of amides is 1. The first-order valence-electron chi connectivity index (χ1n) is 6.36. The molecule has 1 amide bonds. The van der Waals surface area contributed by atoms with E-state index in [1.165, 1.54) is 0 Å². The molecule has 0 spiro atoms. The largest absolute Gasteiger partial charge is 0.317 e. The number of hydrogen-bond donors (Lipinski definition) is 2. The molecule has 18 heavy (non-hydrogen) atoms. The molecular formula is C13H21N3OS. The van der Waals surface area contributed by atoms with E-state index in [0.29, 0.717) is 0 Å². The molecule has 0 bridgehead atoms. The fraction of sp³-hybridized carbons (Fsp3) is 0.615. The highest BCUT2D eigenvalue weighted by atomic mass is 32.1. The smallest absolute Gasteiger partial charge is 0.231 e. The minimum absolute atomic E-state index is 0.100. The molecule has 0 atom stereocenters. The van der Waals surface area contributed by atoms with E-state index in [0.717, 1.165) is 37.7 Å². The van der Waals surface area contributed by atoms with Crippen LogP contribution in [0.2, 0.25) is 0 Å². The number of piperazine rings is 1. The van der Waals surface area contributed by atoms with Crippen LogP contribution in [0.4, 0.5) is 5.00 Å². The molecule has 1 aromatic rings. The van der Waals surface area contributed by atoms with Crippen LogP contribution in [0.3, 0.4) is 0 Å². The quantitative estimate of drug-likeness (QED) is 0.871. The van der Waals surface area contributed by atoms with Crippen molar-refractivity contribution in [3.8, 4) is 0 Å². The van der Waals surface area contributed by atoms with E-state index >= 15 is 0 Å².